The number of rotatable bonds is 9. The van der Waals surface area contributed by atoms with E-state index in [9.17, 15) is 14.8 Å². The van der Waals surface area contributed by atoms with E-state index in [2.05, 4.69) is 5.48 Å². The Labute approximate surface area is 229 Å². The molecule has 1 aliphatic heterocycles. The van der Waals surface area contributed by atoms with E-state index in [-0.39, 0.29) is 24.9 Å². The van der Waals surface area contributed by atoms with Crippen molar-refractivity contribution in [3.8, 4) is 0 Å². The highest BCUT2D eigenvalue weighted by atomic mass is 16.5. The van der Waals surface area contributed by atoms with Crippen LogP contribution >= 0.6 is 0 Å². The highest BCUT2D eigenvalue weighted by molar-refractivity contribution is 5.94. The van der Waals surface area contributed by atoms with Crippen molar-refractivity contribution in [2.75, 3.05) is 35.9 Å². The van der Waals surface area contributed by atoms with Crippen LogP contribution in [0.2, 0.25) is 0 Å². The predicted molar refractivity (Wildman–Crippen MR) is 153 cm³/mol. The number of hydrogen-bond acceptors (Lipinski definition) is 8. The van der Waals surface area contributed by atoms with Gasteiger partial charge >= 0.3 is 5.97 Å². The maximum atomic E-state index is 13.2. The molecular weight excluding hydrogens is 494 g/mol. The summed E-state index contributed by atoms with van der Waals surface area (Å²) < 4.78 is 5.32. The Hall–Kier alpha value is -4.08. The molecule has 6 N–H and O–H groups in total. The number of nitrogens with zero attached hydrogens (tertiary/aromatic N) is 2. The van der Waals surface area contributed by atoms with Crippen molar-refractivity contribution in [2.45, 2.75) is 46.1 Å². The lowest BCUT2D eigenvalue weighted by Crippen LogP contribution is -2.36. The lowest BCUT2D eigenvalue weighted by molar-refractivity contribution is -0.143. The first-order valence-corrected chi connectivity index (χ1v) is 13.3. The van der Waals surface area contributed by atoms with Gasteiger partial charge in [-0.25, -0.2) is 5.84 Å². The van der Waals surface area contributed by atoms with Gasteiger partial charge < -0.3 is 20.4 Å². The number of nitrogens with two attached hydrogens (primary N) is 2. The van der Waals surface area contributed by atoms with Crippen molar-refractivity contribution in [1.82, 2.24) is 4.90 Å². The fourth-order valence-corrected chi connectivity index (χ4v) is 5.29. The molecule has 0 aliphatic carbocycles. The topological polar surface area (TPSA) is 134 Å². The first kappa shape index (κ1) is 27.9. The summed E-state index contributed by atoms with van der Waals surface area (Å²) in [7, 11) is 0. The zero-order valence-corrected chi connectivity index (χ0v) is 22.7. The van der Waals surface area contributed by atoms with E-state index >= 15 is 0 Å². The van der Waals surface area contributed by atoms with Crippen LogP contribution in [0.15, 0.2) is 54.6 Å². The summed E-state index contributed by atoms with van der Waals surface area (Å²) in [6, 6.07) is 16.9. The van der Waals surface area contributed by atoms with Gasteiger partial charge in [-0.05, 0) is 79.3 Å². The Morgan fingerprint density at radius 2 is 1.90 bits per heavy atom. The maximum Gasteiger partial charge on any atom is 0.306 e. The SMILES string of the molecule is CCOC(=O)CC(c1cc2c(c(NO)c1)CCN(C(=O)c1ccccc1)C2)c1ccc(N(N)CC)c(N)c1C. The zero-order valence-electron chi connectivity index (χ0n) is 22.7. The monoisotopic (exact) mass is 531 g/mol. The van der Waals surface area contributed by atoms with Crippen molar-refractivity contribution in [1.29, 1.82) is 0 Å². The number of carbonyl (C=O) groups is 2. The number of hydrazine groups is 1. The van der Waals surface area contributed by atoms with Crippen LogP contribution < -0.4 is 22.1 Å². The van der Waals surface area contributed by atoms with E-state index < -0.39 is 5.92 Å². The van der Waals surface area contributed by atoms with Crippen LogP contribution in [0.25, 0.3) is 0 Å². The number of ether oxygens (including phenoxy) is 1. The van der Waals surface area contributed by atoms with E-state index in [0.717, 1.165) is 27.8 Å². The number of nitrogens with one attached hydrogen (secondary N) is 1. The quantitative estimate of drug-likeness (QED) is 0.138. The molecule has 3 aromatic rings. The molecule has 0 aromatic heterocycles. The highest BCUT2D eigenvalue weighted by Crippen LogP contribution is 2.39. The Balaban J connectivity index is 1.77. The van der Waals surface area contributed by atoms with Gasteiger partial charge in [0.2, 0.25) is 0 Å². The summed E-state index contributed by atoms with van der Waals surface area (Å²) in [6.07, 6.45) is 0.674. The van der Waals surface area contributed by atoms with Gasteiger partial charge in [-0.15, -0.1) is 0 Å². The Bertz CT molecular complexity index is 1340. The second-order valence-electron chi connectivity index (χ2n) is 9.72. The van der Waals surface area contributed by atoms with E-state index in [0.29, 0.717) is 48.7 Å². The maximum absolute atomic E-state index is 13.2. The second-order valence-corrected chi connectivity index (χ2v) is 9.72. The lowest BCUT2D eigenvalue weighted by atomic mass is 9.82. The highest BCUT2D eigenvalue weighted by Gasteiger charge is 2.28. The van der Waals surface area contributed by atoms with Gasteiger partial charge in [0.15, 0.2) is 0 Å². The van der Waals surface area contributed by atoms with Gasteiger partial charge in [-0.1, -0.05) is 30.3 Å². The average Bonchev–Trinajstić information content (AvgIpc) is 2.96. The standard InChI is InChI=1S/C30H37N5O4/c1-4-35(32)27-12-11-23(19(3)29(27)31)25(17-28(36)39-5-2)21-15-22-18-34(14-13-24(22)26(16-21)33-38)30(37)20-9-7-6-8-10-20/h6-12,15-16,25,33,38H,4-5,13-14,17-18,31-32H2,1-3H3. The molecule has 3 aromatic carbocycles. The van der Waals surface area contributed by atoms with Crippen LogP contribution in [-0.2, 0) is 22.5 Å². The summed E-state index contributed by atoms with van der Waals surface area (Å²) in [5.74, 6) is 5.34. The van der Waals surface area contributed by atoms with Crippen LogP contribution in [0.5, 0.6) is 0 Å². The van der Waals surface area contributed by atoms with Crippen LogP contribution in [-0.4, -0.2) is 41.7 Å². The van der Waals surface area contributed by atoms with Crippen molar-refractivity contribution >= 4 is 28.9 Å². The number of amides is 1. The number of fused-ring (bicyclic) bond motifs is 1. The number of nitrogen functional groups attached to an aromatic ring is 1. The molecule has 1 unspecified atom stereocenters. The van der Waals surface area contributed by atoms with Gasteiger partial charge in [0.25, 0.3) is 5.91 Å². The number of carbonyl (C=O) groups excluding carboxylic acids is 2. The van der Waals surface area contributed by atoms with Crippen molar-refractivity contribution in [2.24, 2.45) is 5.84 Å². The van der Waals surface area contributed by atoms with Gasteiger partial charge in [-0.2, -0.15) is 0 Å². The molecule has 9 heteroatoms. The van der Waals surface area contributed by atoms with Gasteiger partial charge in [0, 0.05) is 31.1 Å². The first-order valence-electron chi connectivity index (χ1n) is 13.3. The van der Waals surface area contributed by atoms with Crippen molar-refractivity contribution < 1.29 is 19.5 Å². The Kier molecular flexibility index (Phi) is 8.73. The average molecular weight is 532 g/mol. The van der Waals surface area contributed by atoms with Gasteiger partial charge in [0.1, 0.15) is 0 Å². The van der Waals surface area contributed by atoms with Crippen molar-refractivity contribution in [3.05, 3.63) is 88.0 Å². The van der Waals surface area contributed by atoms with Crippen LogP contribution in [0, 0.1) is 6.92 Å². The minimum atomic E-state index is -0.397. The number of benzene rings is 3. The third-order valence-corrected chi connectivity index (χ3v) is 7.42. The Morgan fingerprint density at radius 1 is 1.15 bits per heavy atom. The molecule has 1 atom stereocenters. The minimum absolute atomic E-state index is 0.0466. The van der Waals surface area contributed by atoms with E-state index in [4.69, 9.17) is 16.3 Å². The molecule has 1 heterocycles. The normalized spacial score (nSPS) is 13.4. The first-order chi connectivity index (χ1) is 18.8. The molecule has 1 amide bonds. The summed E-state index contributed by atoms with van der Waals surface area (Å²) in [4.78, 5) is 27.8. The molecule has 4 rings (SSSR count). The van der Waals surface area contributed by atoms with E-state index in [1.165, 1.54) is 0 Å². The molecule has 1 aliphatic rings. The molecule has 0 fully saturated rings. The molecule has 9 nitrogen and oxygen atoms in total. The summed E-state index contributed by atoms with van der Waals surface area (Å²) >= 11 is 0. The van der Waals surface area contributed by atoms with Crippen LogP contribution in [0.3, 0.4) is 0 Å². The van der Waals surface area contributed by atoms with Gasteiger partial charge in [0.05, 0.1) is 30.1 Å². The summed E-state index contributed by atoms with van der Waals surface area (Å²) in [6.45, 7) is 7.41. The van der Waals surface area contributed by atoms with Gasteiger partial charge in [-0.3, -0.25) is 20.3 Å². The zero-order chi connectivity index (χ0) is 28.1. The third kappa shape index (κ3) is 5.84. The fraction of sp³-hybridized carbons (Fsp3) is 0.333. The summed E-state index contributed by atoms with van der Waals surface area (Å²) in [5, 5.41) is 11.6. The molecular formula is C30H37N5O4. The Morgan fingerprint density at radius 3 is 2.56 bits per heavy atom. The van der Waals surface area contributed by atoms with Crippen molar-refractivity contribution in [3.63, 3.8) is 0 Å². The molecule has 0 bridgehead atoms. The minimum Gasteiger partial charge on any atom is -0.466 e. The molecule has 0 saturated carbocycles. The number of anilines is 3. The molecule has 0 saturated heterocycles. The second kappa shape index (κ2) is 12.2. The molecule has 0 spiro atoms. The fourth-order valence-electron chi connectivity index (χ4n) is 5.29. The van der Waals surface area contributed by atoms with Crippen LogP contribution in [0.4, 0.5) is 17.1 Å². The molecule has 0 radical (unpaired) electrons. The lowest BCUT2D eigenvalue weighted by Gasteiger charge is -2.32. The number of hydrogen-bond donors (Lipinski definition) is 4. The number of esters is 1. The predicted octanol–water partition coefficient (Wildman–Crippen LogP) is 4.36. The third-order valence-electron chi connectivity index (χ3n) is 7.42. The molecule has 39 heavy (non-hydrogen) atoms. The van der Waals surface area contributed by atoms with E-state index in [1.807, 2.05) is 73.3 Å². The smallest absolute Gasteiger partial charge is 0.306 e. The largest absolute Gasteiger partial charge is 0.466 e. The van der Waals surface area contributed by atoms with Crippen LogP contribution in [0.1, 0.15) is 64.4 Å². The van der Waals surface area contributed by atoms with E-state index in [1.54, 1.807) is 11.9 Å². The molecule has 206 valence electrons. The summed E-state index contributed by atoms with van der Waals surface area (Å²) in [5.41, 5.74) is 15.7.